The van der Waals surface area contributed by atoms with Crippen LogP contribution in [-0.2, 0) is 6.42 Å². The number of alkyl halides is 3. The Hall–Kier alpha value is -2.63. The summed E-state index contributed by atoms with van der Waals surface area (Å²) < 4.78 is 92.1. The molecule has 0 saturated carbocycles. The van der Waals surface area contributed by atoms with E-state index in [1.54, 1.807) is 24.9 Å². The molecule has 38 heavy (non-hydrogen) atoms. The normalized spacial score (nSPS) is 19.7. The van der Waals surface area contributed by atoms with Crippen LogP contribution in [0, 0.1) is 17.5 Å². The summed E-state index contributed by atoms with van der Waals surface area (Å²) >= 11 is 0. The number of aromatic nitrogens is 1. The SMILES string of the molecule is C[C@@H]1CC2=C(Cc3ccc(F)cc32)[C@@H](c2c(F)cnc(OCCN(C)CCCF)c2F)N1CC(F)(F)CO. The number of aliphatic hydroxyl groups is 1. The average molecular weight is 544 g/mol. The van der Waals surface area contributed by atoms with Crippen LogP contribution in [0.15, 0.2) is 30.0 Å². The van der Waals surface area contributed by atoms with Gasteiger partial charge in [0.05, 0.1) is 31.0 Å². The molecule has 1 aliphatic carbocycles. The second kappa shape index (κ2) is 11.6. The van der Waals surface area contributed by atoms with Gasteiger partial charge < -0.3 is 14.7 Å². The molecule has 0 saturated heterocycles. The quantitative estimate of drug-likeness (QED) is 0.407. The van der Waals surface area contributed by atoms with Crippen molar-refractivity contribution in [3.8, 4) is 5.88 Å². The van der Waals surface area contributed by atoms with Crippen molar-refractivity contribution in [2.45, 2.75) is 44.2 Å². The van der Waals surface area contributed by atoms with Crippen LogP contribution >= 0.6 is 0 Å². The van der Waals surface area contributed by atoms with Crippen LogP contribution in [0.1, 0.15) is 42.5 Å². The topological polar surface area (TPSA) is 48.8 Å². The van der Waals surface area contributed by atoms with Crippen LogP contribution < -0.4 is 4.74 Å². The van der Waals surface area contributed by atoms with E-state index in [2.05, 4.69) is 4.98 Å². The number of nitrogens with zero attached hydrogens (tertiary/aromatic N) is 3. The number of likely N-dealkylation sites (N-methyl/N-ethyl adjacent to an activating group) is 1. The van der Waals surface area contributed by atoms with Gasteiger partial charge in [-0.2, -0.15) is 0 Å². The summed E-state index contributed by atoms with van der Waals surface area (Å²) in [6.45, 7) is -0.384. The van der Waals surface area contributed by atoms with Crippen LogP contribution in [0.5, 0.6) is 5.88 Å². The van der Waals surface area contributed by atoms with E-state index < -0.39 is 66.7 Å². The van der Waals surface area contributed by atoms with Crippen molar-refractivity contribution in [1.29, 1.82) is 0 Å². The van der Waals surface area contributed by atoms with Crippen LogP contribution in [0.25, 0.3) is 5.57 Å². The molecule has 0 unspecified atom stereocenters. The van der Waals surface area contributed by atoms with Crippen molar-refractivity contribution < 1.29 is 36.2 Å². The summed E-state index contributed by atoms with van der Waals surface area (Å²) in [4.78, 5) is 6.81. The van der Waals surface area contributed by atoms with E-state index in [1.807, 2.05) is 0 Å². The Morgan fingerprint density at radius 3 is 2.68 bits per heavy atom. The van der Waals surface area contributed by atoms with E-state index in [4.69, 9.17) is 4.74 Å². The minimum absolute atomic E-state index is 0.0101. The highest BCUT2D eigenvalue weighted by Crippen LogP contribution is 2.50. The zero-order chi connectivity index (χ0) is 27.6. The van der Waals surface area contributed by atoms with Gasteiger partial charge in [-0.15, -0.1) is 0 Å². The Morgan fingerprint density at radius 1 is 1.21 bits per heavy atom. The Bertz CT molecular complexity index is 1190. The van der Waals surface area contributed by atoms with Gasteiger partial charge in [0, 0.05) is 19.1 Å². The first kappa shape index (κ1) is 28.4. The lowest BCUT2D eigenvalue weighted by Gasteiger charge is -2.43. The van der Waals surface area contributed by atoms with Crippen molar-refractivity contribution >= 4 is 5.57 Å². The first-order valence-electron chi connectivity index (χ1n) is 12.5. The van der Waals surface area contributed by atoms with Gasteiger partial charge in [-0.1, -0.05) is 6.07 Å². The Kier molecular flexibility index (Phi) is 8.68. The van der Waals surface area contributed by atoms with E-state index in [1.165, 1.54) is 17.0 Å². The predicted octanol–water partition coefficient (Wildman–Crippen LogP) is 4.94. The molecule has 2 heterocycles. The largest absolute Gasteiger partial charge is 0.474 e. The lowest BCUT2D eigenvalue weighted by molar-refractivity contribution is -0.0862. The summed E-state index contributed by atoms with van der Waals surface area (Å²) in [6.07, 6.45) is 1.61. The molecule has 0 bridgehead atoms. The van der Waals surface area contributed by atoms with Gasteiger partial charge in [-0.05, 0) is 67.6 Å². The molecule has 4 rings (SSSR count). The third-order valence-electron chi connectivity index (χ3n) is 7.17. The molecular weight excluding hydrogens is 512 g/mol. The molecule has 0 fully saturated rings. The second-order valence-electron chi connectivity index (χ2n) is 9.96. The molecule has 2 aliphatic rings. The lowest BCUT2D eigenvalue weighted by atomic mass is 9.84. The predicted molar refractivity (Wildman–Crippen MR) is 130 cm³/mol. The zero-order valence-corrected chi connectivity index (χ0v) is 21.3. The maximum atomic E-state index is 15.9. The highest BCUT2D eigenvalue weighted by Gasteiger charge is 2.45. The first-order chi connectivity index (χ1) is 18.1. The van der Waals surface area contributed by atoms with Crippen molar-refractivity contribution in [2.24, 2.45) is 0 Å². The maximum Gasteiger partial charge on any atom is 0.283 e. The van der Waals surface area contributed by atoms with Gasteiger partial charge in [0.1, 0.15) is 24.8 Å². The summed E-state index contributed by atoms with van der Waals surface area (Å²) in [5, 5.41) is 9.24. The fourth-order valence-corrected chi connectivity index (χ4v) is 5.30. The lowest BCUT2D eigenvalue weighted by Crippen LogP contribution is -2.48. The Morgan fingerprint density at radius 2 is 1.97 bits per heavy atom. The summed E-state index contributed by atoms with van der Waals surface area (Å²) in [6, 6.07) is 2.37. The molecule has 5 nitrogen and oxygen atoms in total. The summed E-state index contributed by atoms with van der Waals surface area (Å²) in [5.74, 6) is -6.60. The zero-order valence-electron chi connectivity index (χ0n) is 21.3. The highest BCUT2D eigenvalue weighted by molar-refractivity contribution is 5.79. The summed E-state index contributed by atoms with van der Waals surface area (Å²) in [5.41, 5.74) is 2.04. The van der Waals surface area contributed by atoms with Gasteiger partial charge in [0.15, 0.2) is 5.82 Å². The van der Waals surface area contributed by atoms with Crippen LogP contribution in [0.4, 0.5) is 26.3 Å². The minimum atomic E-state index is -3.52. The molecule has 2 aromatic rings. The fourth-order valence-electron chi connectivity index (χ4n) is 5.30. The maximum absolute atomic E-state index is 15.9. The van der Waals surface area contributed by atoms with Gasteiger partial charge in [0.25, 0.3) is 11.8 Å². The molecular formula is C27H31F6N3O2. The van der Waals surface area contributed by atoms with Crippen molar-refractivity contribution in [3.63, 3.8) is 0 Å². The number of halogens is 6. The van der Waals surface area contributed by atoms with E-state index in [0.29, 0.717) is 36.2 Å². The molecule has 1 N–H and O–H groups in total. The average Bonchev–Trinajstić information content (AvgIpc) is 3.22. The number of hydrogen-bond acceptors (Lipinski definition) is 5. The van der Waals surface area contributed by atoms with E-state index in [0.717, 1.165) is 11.8 Å². The number of fused-ring (bicyclic) bond motifs is 2. The Labute approximate surface area is 217 Å². The van der Waals surface area contributed by atoms with Crippen molar-refractivity contribution in [3.05, 3.63) is 64.1 Å². The molecule has 0 spiro atoms. The molecule has 1 aromatic carbocycles. The van der Waals surface area contributed by atoms with Crippen molar-refractivity contribution in [1.82, 2.24) is 14.8 Å². The number of ether oxygens (including phenoxy) is 1. The minimum Gasteiger partial charge on any atom is -0.474 e. The van der Waals surface area contributed by atoms with E-state index in [-0.39, 0.29) is 19.4 Å². The molecule has 2 atom stereocenters. The van der Waals surface area contributed by atoms with Gasteiger partial charge in [-0.25, -0.2) is 26.9 Å². The van der Waals surface area contributed by atoms with Crippen LogP contribution in [0.3, 0.4) is 0 Å². The molecule has 208 valence electrons. The molecule has 1 aromatic heterocycles. The highest BCUT2D eigenvalue weighted by atomic mass is 19.3. The molecule has 0 radical (unpaired) electrons. The van der Waals surface area contributed by atoms with Crippen molar-refractivity contribution in [2.75, 3.05) is 46.6 Å². The third kappa shape index (κ3) is 5.84. The molecule has 11 heteroatoms. The third-order valence-corrected chi connectivity index (χ3v) is 7.17. The fraction of sp³-hybridized carbons (Fsp3) is 0.519. The number of pyridine rings is 1. The number of benzene rings is 1. The number of aliphatic hydroxyl groups excluding tert-OH is 1. The van der Waals surface area contributed by atoms with Gasteiger partial charge in [0.2, 0.25) is 0 Å². The van der Waals surface area contributed by atoms with Crippen LogP contribution in [-0.4, -0.2) is 78.4 Å². The van der Waals surface area contributed by atoms with Crippen LogP contribution in [0.2, 0.25) is 0 Å². The van der Waals surface area contributed by atoms with E-state index in [9.17, 15) is 22.7 Å². The smallest absolute Gasteiger partial charge is 0.283 e. The number of rotatable bonds is 11. The van der Waals surface area contributed by atoms with Gasteiger partial charge >= 0.3 is 0 Å². The van der Waals surface area contributed by atoms with Gasteiger partial charge in [-0.3, -0.25) is 9.29 Å². The second-order valence-corrected chi connectivity index (χ2v) is 9.96. The monoisotopic (exact) mass is 543 g/mol. The molecule has 0 amide bonds. The first-order valence-corrected chi connectivity index (χ1v) is 12.5. The molecule has 1 aliphatic heterocycles. The standard InChI is InChI=1S/C27H31F6N3O2/c1-16-10-20-19-12-18(29)5-4-17(19)11-21(20)25(36(16)14-27(32,33)15-37)23-22(30)13-34-26(24(23)31)38-9-8-35(2)7-3-6-28/h4-5,12-13,16,25,37H,3,6-11,14-15H2,1-2H3/t16-,25+/m1/s1. The number of hydrogen-bond donors (Lipinski definition) is 1. The summed E-state index contributed by atoms with van der Waals surface area (Å²) in [7, 11) is 1.75. The Balaban J connectivity index is 1.73. The van der Waals surface area contributed by atoms with E-state index >= 15 is 8.78 Å².